The lowest BCUT2D eigenvalue weighted by molar-refractivity contribution is -0.132. The Hall–Kier alpha value is -1.43. The number of nitrogens with zero attached hydrogens (tertiary/aromatic N) is 4. The second-order valence-electron chi connectivity index (χ2n) is 7.51. The Labute approximate surface area is 137 Å². The van der Waals surface area contributed by atoms with Gasteiger partial charge in [0.15, 0.2) is 0 Å². The van der Waals surface area contributed by atoms with Gasteiger partial charge in [0, 0.05) is 39.6 Å². The minimum atomic E-state index is 0.104. The van der Waals surface area contributed by atoms with E-state index in [0.29, 0.717) is 11.8 Å². The molecular weight excluding hydrogens is 292 g/mol. The highest BCUT2D eigenvalue weighted by atomic mass is 16.4. The Bertz CT molecular complexity index is 565. The van der Waals surface area contributed by atoms with E-state index in [1.807, 2.05) is 4.90 Å². The molecule has 3 fully saturated rings. The lowest BCUT2D eigenvalue weighted by atomic mass is 9.89. The molecular formula is C17H26N4O2. The molecule has 2 saturated carbocycles. The topological polar surface area (TPSA) is 62.5 Å². The molecule has 0 spiro atoms. The molecule has 3 atom stereocenters. The first-order valence-corrected chi connectivity index (χ1v) is 8.96. The number of carbonyl (C=O) groups is 1. The molecule has 4 rings (SSSR count). The van der Waals surface area contributed by atoms with Crippen LogP contribution in [0.25, 0.3) is 0 Å². The Morgan fingerprint density at radius 3 is 2.65 bits per heavy atom. The van der Waals surface area contributed by atoms with Crippen LogP contribution in [0.15, 0.2) is 4.42 Å². The quantitative estimate of drug-likeness (QED) is 0.842. The molecule has 3 unspecified atom stereocenters. The Morgan fingerprint density at radius 2 is 1.96 bits per heavy atom. The minimum absolute atomic E-state index is 0.104. The van der Waals surface area contributed by atoms with Crippen LogP contribution in [0.1, 0.15) is 37.5 Å². The van der Waals surface area contributed by atoms with Crippen molar-refractivity contribution in [2.24, 2.45) is 17.8 Å². The minimum Gasteiger partial charge on any atom is -0.425 e. The summed E-state index contributed by atoms with van der Waals surface area (Å²) in [5.41, 5.74) is 0. The van der Waals surface area contributed by atoms with Gasteiger partial charge in [-0.1, -0.05) is 0 Å². The predicted molar refractivity (Wildman–Crippen MR) is 84.7 cm³/mol. The first kappa shape index (κ1) is 15.1. The van der Waals surface area contributed by atoms with E-state index >= 15 is 0 Å². The van der Waals surface area contributed by atoms with E-state index in [-0.39, 0.29) is 12.3 Å². The van der Waals surface area contributed by atoms with Gasteiger partial charge in [-0.2, -0.15) is 0 Å². The summed E-state index contributed by atoms with van der Waals surface area (Å²) in [4.78, 5) is 16.8. The molecule has 0 radical (unpaired) electrons. The zero-order chi connectivity index (χ0) is 15.8. The summed E-state index contributed by atoms with van der Waals surface area (Å²) in [6.07, 6.45) is 6.04. The van der Waals surface area contributed by atoms with Crippen molar-refractivity contribution < 1.29 is 9.21 Å². The Morgan fingerprint density at radius 1 is 1.13 bits per heavy atom. The number of aromatic nitrogens is 2. The van der Waals surface area contributed by atoms with Crippen molar-refractivity contribution >= 4 is 5.91 Å². The van der Waals surface area contributed by atoms with Crippen LogP contribution in [0, 0.1) is 24.7 Å². The van der Waals surface area contributed by atoms with Gasteiger partial charge in [0.1, 0.15) is 6.42 Å². The number of fused-ring (bicyclic) bond motifs is 1. The highest BCUT2D eigenvalue weighted by molar-refractivity contribution is 5.77. The fourth-order valence-corrected chi connectivity index (χ4v) is 4.31. The highest BCUT2D eigenvalue weighted by Crippen LogP contribution is 2.51. The van der Waals surface area contributed by atoms with Crippen molar-refractivity contribution in [3.05, 3.63) is 11.8 Å². The van der Waals surface area contributed by atoms with E-state index in [9.17, 15) is 4.79 Å². The van der Waals surface area contributed by atoms with Gasteiger partial charge in [-0.15, -0.1) is 10.2 Å². The molecule has 0 bridgehead atoms. The zero-order valence-corrected chi connectivity index (χ0v) is 13.9. The molecule has 6 nitrogen and oxygen atoms in total. The fourth-order valence-electron chi connectivity index (χ4n) is 4.31. The van der Waals surface area contributed by atoms with Gasteiger partial charge < -0.3 is 9.32 Å². The molecule has 23 heavy (non-hydrogen) atoms. The first-order chi connectivity index (χ1) is 11.2. The molecule has 1 aliphatic heterocycles. The van der Waals surface area contributed by atoms with Gasteiger partial charge >= 0.3 is 0 Å². The second kappa shape index (κ2) is 6.23. The number of rotatable bonds is 4. The average molecular weight is 318 g/mol. The monoisotopic (exact) mass is 318 g/mol. The summed E-state index contributed by atoms with van der Waals surface area (Å²) in [6, 6.07) is 0. The average Bonchev–Trinajstić information content (AvgIpc) is 3.21. The first-order valence-electron chi connectivity index (χ1n) is 8.96. The van der Waals surface area contributed by atoms with Gasteiger partial charge in [0.05, 0.1) is 0 Å². The van der Waals surface area contributed by atoms with E-state index in [0.717, 1.165) is 43.9 Å². The van der Waals surface area contributed by atoms with Crippen LogP contribution in [-0.4, -0.2) is 58.6 Å². The van der Waals surface area contributed by atoms with Crippen molar-refractivity contribution in [1.29, 1.82) is 0 Å². The summed E-state index contributed by atoms with van der Waals surface area (Å²) < 4.78 is 5.30. The molecule has 1 amide bonds. The summed E-state index contributed by atoms with van der Waals surface area (Å²) in [7, 11) is 0. The van der Waals surface area contributed by atoms with Gasteiger partial charge in [-0.05, 0) is 43.4 Å². The third-order valence-corrected chi connectivity index (χ3v) is 5.76. The number of piperazine rings is 1. The van der Waals surface area contributed by atoms with Gasteiger partial charge in [-0.25, -0.2) is 0 Å². The van der Waals surface area contributed by atoms with Crippen molar-refractivity contribution in [3.8, 4) is 0 Å². The van der Waals surface area contributed by atoms with Crippen molar-refractivity contribution in [3.63, 3.8) is 0 Å². The van der Waals surface area contributed by atoms with Crippen LogP contribution in [0.2, 0.25) is 0 Å². The molecule has 1 saturated heterocycles. The summed E-state index contributed by atoms with van der Waals surface area (Å²) in [5.74, 6) is 4.07. The van der Waals surface area contributed by atoms with Crippen LogP contribution in [0.5, 0.6) is 0 Å². The van der Waals surface area contributed by atoms with Gasteiger partial charge in [-0.3, -0.25) is 9.69 Å². The molecule has 6 heteroatoms. The summed E-state index contributed by atoms with van der Waals surface area (Å²) in [6.45, 7) is 6.62. The third kappa shape index (κ3) is 3.57. The Kier molecular flexibility index (Phi) is 4.09. The summed E-state index contributed by atoms with van der Waals surface area (Å²) in [5, 5.41) is 7.69. The molecule has 2 aliphatic carbocycles. The van der Waals surface area contributed by atoms with Crippen molar-refractivity contribution in [2.75, 3.05) is 32.7 Å². The van der Waals surface area contributed by atoms with E-state index in [1.54, 1.807) is 6.92 Å². The molecule has 0 aromatic carbocycles. The number of hydrogen-bond donors (Lipinski definition) is 0. The van der Waals surface area contributed by atoms with E-state index in [2.05, 4.69) is 15.1 Å². The SMILES string of the molecule is Cc1nnc(CC(=O)N2CCN(CC3CCC4CC4C3)CC2)o1. The maximum absolute atomic E-state index is 12.3. The van der Waals surface area contributed by atoms with Crippen molar-refractivity contribution in [1.82, 2.24) is 20.0 Å². The molecule has 3 aliphatic rings. The third-order valence-electron chi connectivity index (χ3n) is 5.76. The molecule has 2 heterocycles. The predicted octanol–water partition coefficient (Wildman–Crippen LogP) is 1.50. The number of aryl methyl sites for hydroxylation is 1. The molecule has 1 aromatic rings. The second-order valence-corrected chi connectivity index (χ2v) is 7.51. The van der Waals surface area contributed by atoms with E-state index in [4.69, 9.17) is 4.42 Å². The number of amides is 1. The van der Waals surface area contributed by atoms with Crippen LogP contribution in [-0.2, 0) is 11.2 Å². The molecule has 1 aromatic heterocycles. The lowest BCUT2D eigenvalue weighted by Crippen LogP contribution is -2.50. The highest BCUT2D eigenvalue weighted by Gasteiger charge is 2.42. The Balaban J connectivity index is 1.21. The molecule has 126 valence electrons. The maximum Gasteiger partial charge on any atom is 0.232 e. The smallest absolute Gasteiger partial charge is 0.232 e. The van der Waals surface area contributed by atoms with E-state index < -0.39 is 0 Å². The van der Waals surface area contributed by atoms with Gasteiger partial charge in [0.2, 0.25) is 17.7 Å². The maximum atomic E-state index is 12.3. The number of carbonyl (C=O) groups excluding carboxylic acids is 1. The molecule has 0 N–H and O–H groups in total. The largest absolute Gasteiger partial charge is 0.425 e. The van der Waals surface area contributed by atoms with E-state index in [1.165, 1.54) is 32.2 Å². The lowest BCUT2D eigenvalue weighted by Gasteiger charge is -2.37. The van der Waals surface area contributed by atoms with Gasteiger partial charge in [0.25, 0.3) is 0 Å². The standard InChI is InChI=1S/C17H26N4O2/c1-12-18-19-16(23-12)10-17(22)21-6-4-20(5-7-21)11-13-2-3-14-9-15(14)8-13/h13-15H,2-11H2,1H3. The van der Waals surface area contributed by atoms with Crippen LogP contribution in [0.4, 0.5) is 0 Å². The zero-order valence-electron chi connectivity index (χ0n) is 13.9. The fraction of sp³-hybridized carbons (Fsp3) is 0.824. The number of hydrogen-bond acceptors (Lipinski definition) is 5. The van der Waals surface area contributed by atoms with Crippen LogP contribution >= 0.6 is 0 Å². The van der Waals surface area contributed by atoms with Crippen LogP contribution < -0.4 is 0 Å². The summed E-state index contributed by atoms with van der Waals surface area (Å²) >= 11 is 0. The normalized spacial score (nSPS) is 31.0. The van der Waals surface area contributed by atoms with Crippen molar-refractivity contribution in [2.45, 2.75) is 39.0 Å². The van der Waals surface area contributed by atoms with Crippen LogP contribution in [0.3, 0.4) is 0 Å².